The van der Waals surface area contributed by atoms with Crippen LogP contribution >= 0.6 is 0 Å². The molecular formula is C61H47NO. The largest absolute Gasteiger partial charge is 0.453 e. The van der Waals surface area contributed by atoms with E-state index in [1.807, 2.05) is 0 Å². The average molecular weight is 810 g/mol. The van der Waals surface area contributed by atoms with Gasteiger partial charge in [0.15, 0.2) is 11.5 Å². The minimum absolute atomic E-state index is 0.0958. The number of nitrogens with zero attached hydrogens (tertiary/aromatic N) is 1. The summed E-state index contributed by atoms with van der Waals surface area (Å²) in [5, 5.41) is 0. The molecule has 9 aromatic rings. The first kappa shape index (κ1) is 37.4. The van der Waals surface area contributed by atoms with Gasteiger partial charge in [-0.2, -0.15) is 0 Å². The first-order valence-corrected chi connectivity index (χ1v) is 22.2. The smallest absolute Gasteiger partial charge is 0.152 e. The summed E-state index contributed by atoms with van der Waals surface area (Å²) in [4.78, 5) is 2.46. The molecule has 12 rings (SSSR count). The third-order valence-corrected chi connectivity index (χ3v) is 14.1. The van der Waals surface area contributed by atoms with E-state index >= 15 is 0 Å². The molecule has 0 N–H and O–H groups in total. The van der Waals surface area contributed by atoms with Crippen LogP contribution in [0.3, 0.4) is 0 Å². The Balaban J connectivity index is 1.06. The molecule has 2 nitrogen and oxygen atoms in total. The van der Waals surface area contributed by atoms with Crippen molar-refractivity contribution >= 4 is 17.1 Å². The van der Waals surface area contributed by atoms with Gasteiger partial charge in [-0.25, -0.2) is 0 Å². The number of ether oxygens (including phenoxy) is 1. The minimum atomic E-state index is -0.0958. The Morgan fingerprint density at radius 2 is 0.714 bits per heavy atom. The van der Waals surface area contributed by atoms with Crippen molar-refractivity contribution < 1.29 is 4.74 Å². The molecule has 63 heavy (non-hydrogen) atoms. The zero-order valence-electron chi connectivity index (χ0n) is 36.3. The Bertz CT molecular complexity index is 3100. The summed E-state index contributed by atoms with van der Waals surface area (Å²) < 4.78 is 7.20. The molecule has 2 heteroatoms. The van der Waals surface area contributed by atoms with Crippen molar-refractivity contribution in [1.82, 2.24) is 0 Å². The fraction of sp³-hybridized carbons (Fsp3) is 0.115. The standard InChI is InChI=1S/C61H47NO/c1-38-32-49(39-16-8-6-9-17-39)59(50(33-38)40-18-10-7-11-19-40)62-55-30-26-43(41-24-28-47-45-20-12-14-22-51(45)60(2,3)53(47)34-41)36-57(55)63-58-37-44(27-31-56(58)62)42-25-29-48-46-21-13-15-23-52(46)61(4,5)54(48)35-42/h6-37H,1-5H3. The predicted molar refractivity (Wildman–Crippen MR) is 263 cm³/mol. The molecule has 1 heterocycles. The lowest BCUT2D eigenvalue weighted by atomic mass is 9.81. The molecule has 1 aliphatic heterocycles. The molecule has 0 unspecified atom stereocenters. The first-order chi connectivity index (χ1) is 30.6. The molecule has 0 radical (unpaired) electrons. The Kier molecular flexibility index (Phi) is 8.18. The number of benzene rings is 9. The number of rotatable bonds is 5. The Morgan fingerprint density at radius 3 is 1.17 bits per heavy atom. The van der Waals surface area contributed by atoms with E-state index in [9.17, 15) is 0 Å². The highest BCUT2D eigenvalue weighted by molar-refractivity contribution is 6.01. The van der Waals surface area contributed by atoms with Crippen LogP contribution in [0.5, 0.6) is 11.5 Å². The quantitative estimate of drug-likeness (QED) is 0.172. The number of hydrogen-bond donors (Lipinski definition) is 0. The van der Waals surface area contributed by atoms with Crippen molar-refractivity contribution in [3.63, 3.8) is 0 Å². The van der Waals surface area contributed by atoms with Crippen LogP contribution in [0.25, 0.3) is 66.8 Å². The molecule has 2 aliphatic carbocycles. The summed E-state index contributed by atoms with van der Waals surface area (Å²) in [6.45, 7) is 11.6. The number of hydrogen-bond acceptors (Lipinski definition) is 2. The second-order valence-electron chi connectivity index (χ2n) is 18.6. The van der Waals surface area contributed by atoms with Crippen LogP contribution in [0.15, 0.2) is 194 Å². The molecular weight excluding hydrogens is 763 g/mol. The van der Waals surface area contributed by atoms with E-state index in [1.54, 1.807) is 0 Å². The van der Waals surface area contributed by atoms with Gasteiger partial charge in [0, 0.05) is 22.0 Å². The highest BCUT2D eigenvalue weighted by Crippen LogP contribution is 2.57. The summed E-state index contributed by atoms with van der Waals surface area (Å²) >= 11 is 0. The highest BCUT2D eigenvalue weighted by atomic mass is 16.5. The fourth-order valence-electron chi connectivity index (χ4n) is 10.9. The molecule has 0 fully saturated rings. The third-order valence-electron chi connectivity index (χ3n) is 14.1. The van der Waals surface area contributed by atoms with Gasteiger partial charge in [-0.1, -0.05) is 173 Å². The van der Waals surface area contributed by atoms with Crippen LogP contribution in [-0.2, 0) is 10.8 Å². The molecule has 9 aromatic carbocycles. The van der Waals surface area contributed by atoms with E-state index in [2.05, 4.69) is 234 Å². The zero-order chi connectivity index (χ0) is 42.6. The maximum Gasteiger partial charge on any atom is 0.152 e. The number of fused-ring (bicyclic) bond motifs is 8. The van der Waals surface area contributed by atoms with Gasteiger partial charge in [0.1, 0.15) is 0 Å². The molecule has 0 saturated heterocycles. The van der Waals surface area contributed by atoms with E-state index in [1.165, 1.54) is 83.5 Å². The van der Waals surface area contributed by atoms with Gasteiger partial charge in [0.2, 0.25) is 0 Å². The van der Waals surface area contributed by atoms with Crippen LogP contribution in [0.4, 0.5) is 17.1 Å². The second kappa shape index (κ2) is 13.8. The molecule has 0 spiro atoms. The Labute approximate surface area is 370 Å². The first-order valence-electron chi connectivity index (χ1n) is 22.2. The van der Waals surface area contributed by atoms with Crippen LogP contribution < -0.4 is 9.64 Å². The molecule has 0 saturated carbocycles. The van der Waals surface area contributed by atoms with Gasteiger partial charge in [-0.15, -0.1) is 0 Å². The van der Waals surface area contributed by atoms with Gasteiger partial charge >= 0.3 is 0 Å². The number of anilines is 3. The SMILES string of the molecule is Cc1cc(-c2ccccc2)c(N2c3ccc(-c4ccc5c(c4)C(C)(C)c4ccccc4-5)cc3Oc3cc(-c4ccc5c(c4)C(C)(C)c4ccccc4-5)ccc32)c(-c2ccccc2)c1. The molecule has 3 aliphatic rings. The normalized spacial score (nSPS) is 14.5. The minimum Gasteiger partial charge on any atom is -0.453 e. The molecule has 302 valence electrons. The number of aryl methyl sites for hydroxylation is 1. The summed E-state index contributed by atoms with van der Waals surface area (Å²) in [6.07, 6.45) is 0. The Morgan fingerprint density at radius 1 is 0.333 bits per heavy atom. The van der Waals surface area contributed by atoms with Crippen LogP contribution in [0.2, 0.25) is 0 Å². The monoisotopic (exact) mass is 809 g/mol. The van der Waals surface area contributed by atoms with Crippen molar-refractivity contribution in [1.29, 1.82) is 0 Å². The van der Waals surface area contributed by atoms with Gasteiger partial charge in [-0.3, -0.25) is 0 Å². The summed E-state index contributed by atoms with van der Waals surface area (Å²) in [5.41, 5.74) is 24.2. The topological polar surface area (TPSA) is 12.5 Å². The van der Waals surface area contributed by atoms with Crippen molar-refractivity contribution in [2.75, 3.05) is 4.90 Å². The van der Waals surface area contributed by atoms with Gasteiger partial charge < -0.3 is 9.64 Å². The third kappa shape index (κ3) is 5.71. The van der Waals surface area contributed by atoms with Crippen molar-refractivity contribution in [3.05, 3.63) is 222 Å². The summed E-state index contributed by atoms with van der Waals surface area (Å²) in [6, 6.07) is 71.6. The fourth-order valence-corrected chi connectivity index (χ4v) is 10.9. The van der Waals surface area contributed by atoms with E-state index < -0.39 is 0 Å². The molecule has 0 aromatic heterocycles. The van der Waals surface area contributed by atoms with Crippen LogP contribution in [0, 0.1) is 6.92 Å². The van der Waals surface area contributed by atoms with E-state index in [-0.39, 0.29) is 10.8 Å². The van der Waals surface area contributed by atoms with Gasteiger partial charge in [0.25, 0.3) is 0 Å². The van der Waals surface area contributed by atoms with Gasteiger partial charge in [-0.05, 0) is 139 Å². The van der Waals surface area contributed by atoms with Gasteiger partial charge in [0.05, 0.1) is 17.1 Å². The maximum atomic E-state index is 7.20. The maximum absolute atomic E-state index is 7.20. The lowest BCUT2D eigenvalue weighted by Crippen LogP contribution is -2.18. The van der Waals surface area contributed by atoms with Crippen molar-refractivity contribution in [2.24, 2.45) is 0 Å². The van der Waals surface area contributed by atoms with E-state index in [4.69, 9.17) is 4.74 Å². The lowest BCUT2D eigenvalue weighted by Gasteiger charge is -2.36. The van der Waals surface area contributed by atoms with E-state index in [0.717, 1.165) is 39.7 Å². The van der Waals surface area contributed by atoms with Crippen LogP contribution in [0.1, 0.15) is 55.5 Å². The average Bonchev–Trinajstić information content (AvgIpc) is 3.69. The highest BCUT2D eigenvalue weighted by Gasteiger charge is 2.37. The van der Waals surface area contributed by atoms with Crippen LogP contribution in [-0.4, -0.2) is 0 Å². The van der Waals surface area contributed by atoms with E-state index in [0.29, 0.717) is 0 Å². The zero-order valence-corrected chi connectivity index (χ0v) is 36.3. The summed E-state index contributed by atoms with van der Waals surface area (Å²) in [7, 11) is 0. The second-order valence-corrected chi connectivity index (χ2v) is 18.6. The van der Waals surface area contributed by atoms with Crippen molar-refractivity contribution in [3.8, 4) is 78.3 Å². The summed E-state index contributed by atoms with van der Waals surface area (Å²) in [5.74, 6) is 1.65. The molecule has 0 bridgehead atoms. The lowest BCUT2D eigenvalue weighted by molar-refractivity contribution is 0.477. The van der Waals surface area contributed by atoms with Crippen molar-refractivity contribution in [2.45, 2.75) is 45.4 Å². The molecule has 0 amide bonds. The Hall–Kier alpha value is -7.42. The molecule has 0 atom stereocenters. The predicted octanol–water partition coefficient (Wildman–Crippen LogP) is 16.9.